The Kier molecular flexibility index (Phi) is 3.16. The van der Waals surface area contributed by atoms with Crippen LogP contribution in [0.2, 0.25) is 0 Å². The number of nitrogens with zero attached hydrogens (tertiary/aromatic N) is 1. The van der Waals surface area contributed by atoms with Crippen LogP contribution in [0.15, 0.2) is 0 Å². The van der Waals surface area contributed by atoms with E-state index in [0.29, 0.717) is 0 Å². The van der Waals surface area contributed by atoms with Gasteiger partial charge in [0.15, 0.2) is 0 Å². The number of hydrogen-bond acceptors (Lipinski definition) is 2. The van der Waals surface area contributed by atoms with Gasteiger partial charge in [-0.2, -0.15) is 0 Å². The summed E-state index contributed by atoms with van der Waals surface area (Å²) in [6.07, 6.45) is 0. The van der Waals surface area contributed by atoms with Crippen molar-refractivity contribution in [3.05, 3.63) is 0 Å². The highest BCUT2D eigenvalue weighted by Crippen LogP contribution is 1.98. The van der Waals surface area contributed by atoms with Gasteiger partial charge in [-0.1, -0.05) is 6.92 Å². The monoisotopic (exact) mass is 104 g/mol. The molecule has 36 valence electrons. The molecule has 0 fully saturated rings. The molecule has 0 aromatic carbocycles. The maximum atomic E-state index is 8.51. The van der Waals surface area contributed by atoms with Crippen LogP contribution in [-0.4, -0.2) is 13.2 Å². The standard InChI is InChI=1S/C3H9N2P/c1-3-5-6(2)4/h5H,3H2,1-2H3. The lowest BCUT2D eigenvalue weighted by atomic mass is 10.8. The van der Waals surface area contributed by atoms with Gasteiger partial charge in [0.1, 0.15) is 7.71 Å². The molecule has 2 nitrogen and oxygen atoms in total. The predicted octanol–water partition coefficient (Wildman–Crippen LogP) is 1.10. The maximum Gasteiger partial charge on any atom is 0.113 e. The van der Waals surface area contributed by atoms with Crippen LogP contribution in [0.3, 0.4) is 0 Å². The fraction of sp³-hybridized carbons (Fsp3) is 1.00. The zero-order chi connectivity index (χ0) is 4.99. The summed E-state index contributed by atoms with van der Waals surface area (Å²) in [5, 5.41) is 11.3. The summed E-state index contributed by atoms with van der Waals surface area (Å²) in [6.45, 7) is 4.59. The van der Waals surface area contributed by atoms with Gasteiger partial charge in [0.05, 0.1) is 0 Å². The Balaban J connectivity index is 2.91. The van der Waals surface area contributed by atoms with Gasteiger partial charge in [0.2, 0.25) is 0 Å². The van der Waals surface area contributed by atoms with Gasteiger partial charge in [0.25, 0.3) is 0 Å². The topological polar surface area (TPSA) is 35.8 Å². The van der Waals surface area contributed by atoms with Gasteiger partial charge < -0.3 is 0 Å². The molecule has 6 heavy (non-hydrogen) atoms. The molecule has 0 amide bonds. The molecule has 0 aromatic rings. The highest BCUT2D eigenvalue weighted by Gasteiger charge is 1.74. The van der Waals surface area contributed by atoms with E-state index in [-0.39, 0.29) is 0 Å². The fourth-order valence-electron chi connectivity index (χ4n) is 0.229. The normalized spacial score (nSPS) is 11.2. The second-order valence-corrected chi connectivity index (χ2v) is 2.40. The van der Waals surface area contributed by atoms with Crippen LogP contribution in [0.5, 0.6) is 0 Å². The Labute approximate surface area is 39.0 Å². The third kappa shape index (κ3) is 3.97. The van der Waals surface area contributed by atoms with E-state index in [9.17, 15) is 0 Å². The van der Waals surface area contributed by atoms with Crippen LogP contribution in [0.1, 0.15) is 6.92 Å². The van der Waals surface area contributed by atoms with Gasteiger partial charge in [-0.25, -0.2) is 5.00 Å². The first-order chi connectivity index (χ1) is 2.77. The third-order valence-corrected chi connectivity index (χ3v) is 1.16. The molecule has 0 saturated heterocycles. The van der Waals surface area contributed by atoms with Crippen molar-refractivity contribution in [3.63, 3.8) is 0 Å². The number of nitrogens with one attached hydrogen (secondary N) is 1. The Morgan fingerprint density at radius 3 is 2.33 bits per heavy atom. The Bertz CT molecular complexity index is 80.5. The summed E-state index contributed by atoms with van der Waals surface area (Å²) in [7, 11) is -0.851. The van der Waals surface area contributed by atoms with E-state index < -0.39 is 7.71 Å². The van der Waals surface area contributed by atoms with Gasteiger partial charge in [-0.05, 0) is 0 Å². The Morgan fingerprint density at radius 2 is 2.33 bits per heavy atom. The molecule has 0 aliphatic carbocycles. The molecule has 0 saturated carbocycles. The summed E-state index contributed by atoms with van der Waals surface area (Å²) in [5.41, 5.74) is 0. The van der Waals surface area contributed by atoms with E-state index in [1.807, 2.05) is 6.92 Å². The summed E-state index contributed by atoms with van der Waals surface area (Å²) >= 11 is 0. The first-order valence-corrected chi connectivity index (χ1v) is 3.67. The van der Waals surface area contributed by atoms with Crippen molar-refractivity contribution in [3.8, 4) is 0 Å². The molecule has 0 rings (SSSR count). The first kappa shape index (κ1) is 5.97. The zero-order valence-corrected chi connectivity index (χ0v) is 5.00. The molecule has 0 heterocycles. The average Bonchev–Trinajstić information content (AvgIpc) is 1.35. The van der Waals surface area contributed by atoms with E-state index in [2.05, 4.69) is 5.09 Å². The minimum atomic E-state index is -0.851. The molecule has 1 unspecified atom stereocenters. The molecule has 0 aliphatic rings. The Morgan fingerprint density at radius 1 is 1.83 bits per heavy atom. The molecular weight excluding hydrogens is 95.0 g/mol. The van der Waals surface area contributed by atoms with E-state index in [0.717, 1.165) is 6.54 Å². The molecule has 0 bridgehead atoms. The van der Waals surface area contributed by atoms with Gasteiger partial charge in [0, 0.05) is 13.2 Å². The van der Waals surface area contributed by atoms with Crippen LogP contribution in [-0.2, 0) is 0 Å². The highest BCUT2D eigenvalue weighted by molar-refractivity contribution is 7.39. The van der Waals surface area contributed by atoms with Gasteiger partial charge >= 0.3 is 0 Å². The van der Waals surface area contributed by atoms with E-state index in [1.54, 1.807) is 6.66 Å². The van der Waals surface area contributed by atoms with Crippen molar-refractivity contribution < 1.29 is 0 Å². The van der Waals surface area contributed by atoms with Crippen LogP contribution in [0, 0.1) is 5.00 Å². The largest absolute Gasteiger partial charge is 0.252 e. The lowest BCUT2D eigenvalue weighted by Crippen LogP contribution is -1.96. The molecule has 0 aliphatic heterocycles. The molecule has 0 aromatic heterocycles. The molecule has 0 spiro atoms. The summed E-state index contributed by atoms with van der Waals surface area (Å²) in [4.78, 5) is 0. The number of hydrogen-bond donors (Lipinski definition) is 1. The maximum absolute atomic E-state index is 8.51. The minimum Gasteiger partial charge on any atom is -0.252 e. The van der Waals surface area contributed by atoms with Crippen molar-refractivity contribution in [1.82, 2.24) is 5.09 Å². The predicted molar refractivity (Wildman–Crippen MR) is 28.2 cm³/mol. The first-order valence-electron chi connectivity index (χ1n) is 1.93. The van der Waals surface area contributed by atoms with Crippen LogP contribution < -0.4 is 5.09 Å². The van der Waals surface area contributed by atoms with Crippen LogP contribution >= 0.6 is 7.71 Å². The zero-order valence-electron chi connectivity index (χ0n) is 4.10. The van der Waals surface area contributed by atoms with E-state index in [1.165, 1.54) is 0 Å². The smallest absolute Gasteiger partial charge is 0.113 e. The van der Waals surface area contributed by atoms with Crippen molar-refractivity contribution in [2.75, 3.05) is 13.2 Å². The summed E-state index contributed by atoms with van der Waals surface area (Å²) < 4.78 is 0. The lowest BCUT2D eigenvalue weighted by Gasteiger charge is -1.85. The highest BCUT2D eigenvalue weighted by atomic mass is 31.1. The van der Waals surface area contributed by atoms with Gasteiger partial charge in [-0.15, -0.1) is 0 Å². The SMILES string of the molecule is CCNP(C)#N. The van der Waals surface area contributed by atoms with Crippen LogP contribution in [0.25, 0.3) is 0 Å². The van der Waals surface area contributed by atoms with Crippen molar-refractivity contribution in [1.29, 1.82) is 5.00 Å². The average molecular weight is 104 g/mol. The molecule has 1 N–H and O–H groups in total. The van der Waals surface area contributed by atoms with E-state index in [4.69, 9.17) is 5.00 Å². The minimum absolute atomic E-state index is 0.851. The number of rotatable bonds is 1. The van der Waals surface area contributed by atoms with E-state index >= 15 is 0 Å². The molecule has 0 radical (unpaired) electrons. The summed E-state index contributed by atoms with van der Waals surface area (Å²) in [5.74, 6) is 0. The lowest BCUT2D eigenvalue weighted by molar-refractivity contribution is 1.02. The quantitative estimate of drug-likeness (QED) is 0.505. The second-order valence-electron chi connectivity index (χ2n) is 1.04. The molecular formula is C3H9N2P. The molecule has 1 atom stereocenters. The van der Waals surface area contributed by atoms with Crippen molar-refractivity contribution >= 4 is 7.71 Å². The molecule has 3 heteroatoms. The summed E-state index contributed by atoms with van der Waals surface area (Å²) in [6, 6.07) is 0. The van der Waals surface area contributed by atoms with Crippen LogP contribution in [0.4, 0.5) is 0 Å². The second kappa shape index (κ2) is 3.17. The fourth-order valence-corrected chi connectivity index (χ4v) is 0.686. The Hall–Kier alpha value is -0.0300. The van der Waals surface area contributed by atoms with Crippen molar-refractivity contribution in [2.45, 2.75) is 6.92 Å². The third-order valence-electron chi connectivity index (χ3n) is 0.387. The van der Waals surface area contributed by atoms with Crippen molar-refractivity contribution in [2.24, 2.45) is 0 Å². The van der Waals surface area contributed by atoms with Gasteiger partial charge in [-0.3, -0.25) is 5.09 Å².